The normalized spacial score (nSPS) is 15.9. The number of halogens is 1. The van der Waals surface area contributed by atoms with Crippen LogP contribution in [0.2, 0.25) is 0 Å². The monoisotopic (exact) mass is 349 g/mol. The van der Waals surface area contributed by atoms with Crippen molar-refractivity contribution in [3.63, 3.8) is 0 Å². The molecule has 0 radical (unpaired) electrons. The molecular weight excluding hydrogens is 321 g/mol. The maximum absolute atomic E-state index is 13.6. The Morgan fingerprint density at radius 1 is 1.16 bits per heavy atom. The molecule has 0 unspecified atom stereocenters. The lowest BCUT2D eigenvalue weighted by Crippen LogP contribution is -2.55. The van der Waals surface area contributed by atoms with Crippen LogP contribution in [-0.2, 0) is 16.0 Å². The molecule has 1 aromatic carbocycles. The largest absolute Gasteiger partial charge is 0.355 e. The van der Waals surface area contributed by atoms with Gasteiger partial charge in [0.25, 0.3) is 0 Å². The van der Waals surface area contributed by atoms with Gasteiger partial charge in [0.2, 0.25) is 11.8 Å². The summed E-state index contributed by atoms with van der Waals surface area (Å²) >= 11 is 0. The van der Waals surface area contributed by atoms with E-state index in [2.05, 4.69) is 17.1 Å². The maximum Gasteiger partial charge on any atom is 0.237 e. The summed E-state index contributed by atoms with van der Waals surface area (Å²) in [5.41, 5.74) is -0.563. The van der Waals surface area contributed by atoms with Crippen LogP contribution in [0.15, 0.2) is 24.3 Å². The van der Waals surface area contributed by atoms with Crippen molar-refractivity contribution in [2.45, 2.75) is 27.2 Å². The lowest BCUT2D eigenvalue weighted by molar-refractivity contribution is -0.149. The summed E-state index contributed by atoms with van der Waals surface area (Å²) in [4.78, 5) is 29.3. The summed E-state index contributed by atoms with van der Waals surface area (Å²) in [6.45, 7) is 9.67. The highest BCUT2D eigenvalue weighted by atomic mass is 19.1. The Morgan fingerprint density at radius 2 is 1.80 bits per heavy atom. The first kappa shape index (κ1) is 19.4. The predicted octanol–water partition coefficient (Wildman–Crippen LogP) is 1.67. The minimum absolute atomic E-state index is 0.147. The molecule has 1 aliphatic heterocycles. The Hall–Kier alpha value is -1.95. The third-order valence-corrected chi connectivity index (χ3v) is 4.85. The Balaban J connectivity index is 1.86. The van der Waals surface area contributed by atoms with Crippen molar-refractivity contribution in [2.24, 2.45) is 5.41 Å². The predicted molar refractivity (Wildman–Crippen MR) is 95.6 cm³/mol. The van der Waals surface area contributed by atoms with E-state index in [9.17, 15) is 14.0 Å². The molecule has 1 N–H and O–H groups in total. The van der Waals surface area contributed by atoms with Gasteiger partial charge in [0, 0.05) is 32.7 Å². The SMILES string of the molecule is CCN1CCN(C(=O)C(C)(C)C(=O)NCCc2ccccc2F)CC1. The second kappa shape index (κ2) is 8.43. The first-order chi connectivity index (χ1) is 11.9. The van der Waals surface area contributed by atoms with E-state index in [0.717, 1.165) is 19.6 Å². The lowest BCUT2D eigenvalue weighted by Gasteiger charge is -2.37. The van der Waals surface area contributed by atoms with Crippen LogP contribution in [0.4, 0.5) is 4.39 Å². The number of rotatable bonds is 6. The molecule has 1 aromatic rings. The molecular formula is C19H28FN3O2. The highest BCUT2D eigenvalue weighted by Gasteiger charge is 2.39. The number of benzene rings is 1. The fraction of sp³-hybridized carbons (Fsp3) is 0.579. The molecule has 1 aliphatic rings. The zero-order valence-electron chi connectivity index (χ0n) is 15.3. The third kappa shape index (κ3) is 4.78. The Morgan fingerprint density at radius 3 is 2.40 bits per heavy atom. The number of carbonyl (C=O) groups is 2. The molecule has 0 saturated carbocycles. The van der Waals surface area contributed by atoms with Crippen molar-refractivity contribution in [1.82, 2.24) is 15.1 Å². The molecule has 1 heterocycles. The highest BCUT2D eigenvalue weighted by Crippen LogP contribution is 2.20. The first-order valence-electron chi connectivity index (χ1n) is 8.89. The average molecular weight is 349 g/mol. The van der Waals surface area contributed by atoms with E-state index in [1.165, 1.54) is 6.07 Å². The quantitative estimate of drug-likeness (QED) is 0.795. The summed E-state index contributed by atoms with van der Waals surface area (Å²) in [5, 5.41) is 2.78. The van der Waals surface area contributed by atoms with Gasteiger partial charge in [-0.25, -0.2) is 4.39 Å². The van der Waals surface area contributed by atoms with E-state index in [4.69, 9.17) is 0 Å². The van der Waals surface area contributed by atoms with E-state index in [1.807, 2.05) is 0 Å². The van der Waals surface area contributed by atoms with Crippen molar-refractivity contribution >= 4 is 11.8 Å². The molecule has 25 heavy (non-hydrogen) atoms. The third-order valence-electron chi connectivity index (χ3n) is 4.85. The van der Waals surface area contributed by atoms with Crippen molar-refractivity contribution in [2.75, 3.05) is 39.3 Å². The Bertz CT molecular complexity index is 610. The number of carbonyl (C=O) groups excluding carboxylic acids is 2. The Kier molecular flexibility index (Phi) is 6.53. The molecule has 1 fully saturated rings. The second-order valence-electron chi connectivity index (χ2n) is 6.95. The minimum Gasteiger partial charge on any atom is -0.355 e. The molecule has 6 heteroatoms. The fourth-order valence-corrected chi connectivity index (χ4v) is 2.99. The van der Waals surface area contributed by atoms with Gasteiger partial charge in [-0.2, -0.15) is 0 Å². The summed E-state index contributed by atoms with van der Waals surface area (Å²) in [6.07, 6.45) is 0.401. The van der Waals surface area contributed by atoms with Crippen molar-refractivity contribution < 1.29 is 14.0 Å². The van der Waals surface area contributed by atoms with Crippen molar-refractivity contribution in [3.8, 4) is 0 Å². The molecule has 2 rings (SSSR count). The minimum atomic E-state index is -1.12. The van der Waals surface area contributed by atoms with Gasteiger partial charge < -0.3 is 15.1 Å². The van der Waals surface area contributed by atoms with Gasteiger partial charge in [0.05, 0.1) is 0 Å². The smallest absolute Gasteiger partial charge is 0.237 e. The average Bonchev–Trinajstić information content (AvgIpc) is 2.62. The van der Waals surface area contributed by atoms with Crippen LogP contribution in [0.3, 0.4) is 0 Å². The van der Waals surface area contributed by atoms with Crippen LogP contribution in [0.5, 0.6) is 0 Å². The fourth-order valence-electron chi connectivity index (χ4n) is 2.99. The molecule has 2 amide bonds. The van der Waals surface area contributed by atoms with Crippen LogP contribution in [0.1, 0.15) is 26.3 Å². The first-order valence-corrected chi connectivity index (χ1v) is 8.89. The van der Waals surface area contributed by atoms with Gasteiger partial charge in [0.15, 0.2) is 0 Å². The zero-order valence-corrected chi connectivity index (χ0v) is 15.3. The van der Waals surface area contributed by atoms with Crippen molar-refractivity contribution in [1.29, 1.82) is 0 Å². The second-order valence-corrected chi connectivity index (χ2v) is 6.95. The van der Waals surface area contributed by atoms with Crippen LogP contribution >= 0.6 is 0 Å². The molecule has 0 aromatic heterocycles. The lowest BCUT2D eigenvalue weighted by atomic mass is 9.90. The van der Waals surface area contributed by atoms with E-state index in [0.29, 0.717) is 31.6 Å². The van der Waals surface area contributed by atoms with Crippen LogP contribution in [0.25, 0.3) is 0 Å². The maximum atomic E-state index is 13.6. The number of nitrogens with zero attached hydrogens (tertiary/aromatic N) is 2. The molecule has 1 saturated heterocycles. The van der Waals surface area contributed by atoms with Gasteiger partial charge in [0.1, 0.15) is 11.2 Å². The van der Waals surface area contributed by atoms with E-state index in [1.54, 1.807) is 36.9 Å². The number of likely N-dealkylation sites (N-methyl/N-ethyl adjacent to an activating group) is 1. The van der Waals surface area contributed by atoms with Gasteiger partial charge in [-0.3, -0.25) is 9.59 Å². The summed E-state index contributed by atoms with van der Waals surface area (Å²) in [5.74, 6) is -0.737. The van der Waals surface area contributed by atoms with Crippen LogP contribution in [0, 0.1) is 11.2 Å². The summed E-state index contributed by atoms with van der Waals surface area (Å²) in [7, 11) is 0. The molecule has 0 spiro atoms. The van der Waals surface area contributed by atoms with Crippen LogP contribution < -0.4 is 5.32 Å². The molecule has 138 valence electrons. The molecule has 5 nitrogen and oxygen atoms in total. The molecule has 0 bridgehead atoms. The highest BCUT2D eigenvalue weighted by molar-refractivity contribution is 6.04. The standard InChI is InChI=1S/C19H28FN3O2/c1-4-22-11-13-23(14-12-22)18(25)19(2,3)17(24)21-10-9-15-7-5-6-8-16(15)20/h5-8H,4,9-14H2,1-3H3,(H,21,24). The number of hydrogen-bond acceptors (Lipinski definition) is 3. The van der Waals surface area contributed by atoms with Gasteiger partial charge >= 0.3 is 0 Å². The molecule has 0 aliphatic carbocycles. The zero-order chi connectivity index (χ0) is 18.4. The Labute approximate surface area is 149 Å². The topological polar surface area (TPSA) is 52.7 Å². The van der Waals surface area contributed by atoms with E-state index < -0.39 is 5.41 Å². The number of amides is 2. The number of nitrogens with one attached hydrogen (secondary N) is 1. The van der Waals surface area contributed by atoms with Gasteiger partial charge in [-0.15, -0.1) is 0 Å². The van der Waals surface area contributed by atoms with E-state index in [-0.39, 0.29) is 17.6 Å². The van der Waals surface area contributed by atoms with E-state index >= 15 is 0 Å². The number of piperazine rings is 1. The summed E-state index contributed by atoms with van der Waals surface area (Å²) in [6, 6.07) is 6.51. The van der Waals surface area contributed by atoms with Crippen molar-refractivity contribution in [3.05, 3.63) is 35.6 Å². The van der Waals surface area contributed by atoms with Gasteiger partial charge in [-0.05, 0) is 38.4 Å². The van der Waals surface area contributed by atoms with Crippen LogP contribution in [-0.4, -0.2) is 60.9 Å². The van der Waals surface area contributed by atoms with Gasteiger partial charge in [-0.1, -0.05) is 25.1 Å². The molecule has 0 atom stereocenters. The summed E-state index contributed by atoms with van der Waals surface area (Å²) < 4.78 is 13.6. The number of hydrogen-bond donors (Lipinski definition) is 1.